The molecule has 132 valence electrons. The summed E-state index contributed by atoms with van der Waals surface area (Å²) < 4.78 is 16.7. The third kappa shape index (κ3) is 2.18. The number of fused-ring (bicyclic) bond motifs is 5. The van der Waals surface area contributed by atoms with E-state index in [1.54, 1.807) is 4.57 Å². The molecule has 0 bridgehead atoms. The van der Waals surface area contributed by atoms with Crippen LogP contribution in [-0.4, -0.2) is 28.2 Å². The molecule has 5 rings (SSSR count). The van der Waals surface area contributed by atoms with Crippen LogP contribution in [0.1, 0.15) is 43.7 Å². The second-order valence-electron chi connectivity index (χ2n) is 7.64. The number of rotatable bonds is 1. The van der Waals surface area contributed by atoms with Gasteiger partial charge >= 0.3 is 5.69 Å². The lowest BCUT2D eigenvalue weighted by atomic mass is 10.0. The number of halogens is 1. The maximum absolute atomic E-state index is 15.1. The number of nitrogens with two attached hydrogens (primary N) is 1. The van der Waals surface area contributed by atoms with Crippen LogP contribution in [0.3, 0.4) is 0 Å². The van der Waals surface area contributed by atoms with Crippen LogP contribution in [0, 0.1) is 5.82 Å². The maximum atomic E-state index is 15.1. The smallest absolute Gasteiger partial charge is 0.329 e. The number of aryl methyl sites for hydroxylation is 1. The average Bonchev–Trinajstić information content (AvgIpc) is 3.34. The van der Waals surface area contributed by atoms with Crippen LogP contribution in [0.15, 0.2) is 15.7 Å². The molecule has 6 nitrogen and oxygen atoms in total. The first-order valence-electron chi connectivity index (χ1n) is 9.06. The van der Waals surface area contributed by atoms with Gasteiger partial charge in [0.05, 0.1) is 16.6 Å². The zero-order chi connectivity index (χ0) is 17.3. The normalized spacial score (nSPS) is 25.8. The molecule has 3 heterocycles. The third-order valence-corrected chi connectivity index (χ3v) is 5.86. The second kappa shape index (κ2) is 5.17. The Balaban J connectivity index is 1.88. The van der Waals surface area contributed by atoms with E-state index >= 15 is 4.39 Å². The Hall–Kier alpha value is -2.15. The first-order chi connectivity index (χ1) is 12.0. The lowest BCUT2D eigenvalue weighted by Crippen LogP contribution is -2.33. The Morgan fingerprint density at radius 2 is 2.00 bits per heavy atom. The van der Waals surface area contributed by atoms with Crippen LogP contribution in [0.25, 0.3) is 10.9 Å². The molecule has 1 aliphatic carbocycles. The van der Waals surface area contributed by atoms with Crippen molar-refractivity contribution in [2.45, 2.75) is 56.7 Å². The zero-order valence-corrected chi connectivity index (χ0v) is 13.9. The van der Waals surface area contributed by atoms with Gasteiger partial charge in [0, 0.05) is 30.2 Å². The van der Waals surface area contributed by atoms with E-state index in [9.17, 15) is 9.59 Å². The number of aromatic amines is 1. The summed E-state index contributed by atoms with van der Waals surface area (Å²) in [5.74, 6) is -0.380. The van der Waals surface area contributed by atoms with Crippen molar-refractivity contribution in [1.29, 1.82) is 0 Å². The monoisotopic (exact) mass is 344 g/mol. The van der Waals surface area contributed by atoms with Gasteiger partial charge in [-0.1, -0.05) is 0 Å². The van der Waals surface area contributed by atoms with E-state index in [1.807, 2.05) is 0 Å². The minimum Gasteiger partial charge on any atom is -0.364 e. The SMILES string of the molecule is N[C@H]1CC2CCCc3c(c(F)cc4c(=O)[nH]c(=O)n(C5CC5)c34)N2C1. The molecule has 2 aliphatic heterocycles. The minimum absolute atomic E-state index is 0.0378. The van der Waals surface area contributed by atoms with Crippen molar-refractivity contribution >= 4 is 16.6 Å². The highest BCUT2D eigenvalue weighted by molar-refractivity contribution is 5.88. The van der Waals surface area contributed by atoms with E-state index in [1.165, 1.54) is 6.07 Å². The van der Waals surface area contributed by atoms with Crippen LogP contribution >= 0.6 is 0 Å². The Labute approximate surface area is 143 Å². The number of nitrogens with zero attached hydrogens (tertiary/aromatic N) is 2. The van der Waals surface area contributed by atoms with Crippen molar-refractivity contribution in [3.05, 3.63) is 38.3 Å². The van der Waals surface area contributed by atoms with E-state index in [2.05, 4.69) is 9.88 Å². The summed E-state index contributed by atoms with van der Waals surface area (Å²) in [6.07, 6.45) is 5.25. The van der Waals surface area contributed by atoms with Crippen molar-refractivity contribution in [2.24, 2.45) is 5.73 Å². The summed E-state index contributed by atoms with van der Waals surface area (Å²) in [6.45, 7) is 0.622. The lowest BCUT2D eigenvalue weighted by Gasteiger charge is -2.27. The summed E-state index contributed by atoms with van der Waals surface area (Å²) in [7, 11) is 0. The van der Waals surface area contributed by atoms with Gasteiger partial charge in [-0.2, -0.15) is 0 Å². The molecule has 0 spiro atoms. The quantitative estimate of drug-likeness (QED) is 0.819. The summed E-state index contributed by atoms with van der Waals surface area (Å²) in [4.78, 5) is 29.2. The Bertz CT molecular complexity index is 991. The van der Waals surface area contributed by atoms with Crippen molar-refractivity contribution in [3.63, 3.8) is 0 Å². The fraction of sp³-hybridized carbons (Fsp3) is 0.556. The second-order valence-corrected chi connectivity index (χ2v) is 7.64. The molecule has 1 unspecified atom stereocenters. The van der Waals surface area contributed by atoms with Gasteiger partial charge in [0.1, 0.15) is 5.82 Å². The molecule has 0 radical (unpaired) electrons. The zero-order valence-electron chi connectivity index (χ0n) is 13.9. The van der Waals surface area contributed by atoms with E-state index < -0.39 is 5.56 Å². The Morgan fingerprint density at radius 1 is 1.20 bits per heavy atom. The molecule has 1 saturated heterocycles. The highest BCUT2D eigenvalue weighted by Crippen LogP contribution is 2.42. The van der Waals surface area contributed by atoms with Gasteiger partial charge in [-0.05, 0) is 44.6 Å². The van der Waals surface area contributed by atoms with E-state index in [-0.39, 0.29) is 35.0 Å². The number of H-pyrrole nitrogens is 1. The van der Waals surface area contributed by atoms with Gasteiger partial charge in [-0.15, -0.1) is 0 Å². The molecule has 2 fully saturated rings. The van der Waals surface area contributed by atoms with Crippen molar-refractivity contribution in [3.8, 4) is 0 Å². The fourth-order valence-electron chi connectivity index (χ4n) is 4.70. The minimum atomic E-state index is -0.502. The molecule has 25 heavy (non-hydrogen) atoms. The van der Waals surface area contributed by atoms with Crippen LogP contribution in [0.2, 0.25) is 0 Å². The molecule has 2 aromatic rings. The number of nitrogens with one attached hydrogen (secondary N) is 1. The molecular formula is C18H21FN4O2. The highest BCUT2D eigenvalue weighted by Gasteiger charge is 2.37. The van der Waals surface area contributed by atoms with Crippen LogP contribution in [0.4, 0.5) is 10.1 Å². The number of aromatic nitrogens is 2. The van der Waals surface area contributed by atoms with Crippen molar-refractivity contribution in [2.75, 3.05) is 11.4 Å². The standard InChI is InChI=1S/C18H21FN4O2/c19-14-7-13-15(23(10-4-5-10)18(25)21-17(13)24)12-3-1-2-11-6-9(20)8-22(11)16(12)14/h7,9-11H,1-6,8,20H2,(H,21,24,25)/t9-,11?/m0/s1. The molecule has 2 atom stereocenters. The van der Waals surface area contributed by atoms with Gasteiger partial charge in [0.25, 0.3) is 5.56 Å². The third-order valence-electron chi connectivity index (χ3n) is 5.86. The lowest BCUT2D eigenvalue weighted by molar-refractivity contribution is 0.574. The molecule has 1 aromatic carbocycles. The van der Waals surface area contributed by atoms with E-state index in [0.717, 1.165) is 37.7 Å². The molecule has 1 saturated carbocycles. The first-order valence-corrected chi connectivity index (χ1v) is 9.06. The fourth-order valence-corrected chi connectivity index (χ4v) is 4.70. The van der Waals surface area contributed by atoms with Crippen molar-refractivity contribution in [1.82, 2.24) is 9.55 Å². The van der Waals surface area contributed by atoms with E-state index in [4.69, 9.17) is 5.73 Å². The molecule has 0 amide bonds. The van der Waals surface area contributed by atoms with Crippen molar-refractivity contribution < 1.29 is 4.39 Å². The molecule has 3 N–H and O–H groups in total. The summed E-state index contributed by atoms with van der Waals surface area (Å²) in [6, 6.07) is 1.70. The molecule has 1 aromatic heterocycles. The number of anilines is 1. The number of hydrogen-bond donors (Lipinski definition) is 2. The number of benzene rings is 1. The van der Waals surface area contributed by atoms with Gasteiger partial charge in [-0.3, -0.25) is 14.3 Å². The Kier molecular flexibility index (Phi) is 3.13. The van der Waals surface area contributed by atoms with Gasteiger partial charge in [0.2, 0.25) is 0 Å². The molecule has 7 heteroatoms. The van der Waals surface area contributed by atoms with Gasteiger partial charge in [0.15, 0.2) is 0 Å². The predicted octanol–water partition coefficient (Wildman–Crippen LogP) is 1.41. The maximum Gasteiger partial charge on any atom is 0.329 e. The summed E-state index contributed by atoms with van der Waals surface area (Å²) >= 11 is 0. The highest BCUT2D eigenvalue weighted by atomic mass is 19.1. The van der Waals surface area contributed by atoms with Gasteiger partial charge in [-0.25, -0.2) is 9.18 Å². The van der Waals surface area contributed by atoms with Crippen LogP contribution in [0.5, 0.6) is 0 Å². The topological polar surface area (TPSA) is 84.1 Å². The van der Waals surface area contributed by atoms with Crippen LogP contribution < -0.4 is 21.9 Å². The summed E-state index contributed by atoms with van der Waals surface area (Å²) in [5, 5.41) is 0.282. The van der Waals surface area contributed by atoms with Crippen LogP contribution in [-0.2, 0) is 6.42 Å². The average molecular weight is 344 g/mol. The predicted molar refractivity (Wildman–Crippen MR) is 93.7 cm³/mol. The number of hydrogen-bond acceptors (Lipinski definition) is 4. The summed E-state index contributed by atoms with van der Waals surface area (Å²) in [5.41, 5.74) is 7.24. The van der Waals surface area contributed by atoms with Gasteiger partial charge < -0.3 is 10.6 Å². The largest absolute Gasteiger partial charge is 0.364 e. The first kappa shape index (κ1) is 15.1. The molecule has 3 aliphatic rings. The van der Waals surface area contributed by atoms with E-state index in [0.29, 0.717) is 24.2 Å². The Morgan fingerprint density at radius 3 is 2.76 bits per heavy atom. The molecular weight excluding hydrogens is 323 g/mol.